The molecule has 0 aromatic carbocycles. The summed E-state index contributed by atoms with van der Waals surface area (Å²) in [5.41, 5.74) is 1.21. The van der Waals surface area contributed by atoms with Crippen LogP contribution in [-0.2, 0) is 6.42 Å². The molecule has 18 heavy (non-hydrogen) atoms. The molecule has 0 spiro atoms. The van der Waals surface area contributed by atoms with Crippen molar-refractivity contribution < 1.29 is 0 Å². The zero-order valence-corrected chi connectivity index (χ0v) is 11.4. The average Bonchev–Trinajstić information content (AvgIpc) is 2.45. The lowest BCUT2D eigenvalue weighted by Gasteiger charge is -2.34. The molecule has 1 unspecified atom stereocenters. The summed E-state index contributed by atoms with van der Waals surface area (Å²) >= 11 is 0. The summed E-state index contributed by atoms with van der Waals surface area (Å²) in [7, 11) is 0. The third-order valence-electron chi connectivity index (χ3n) is 3.68. The van der Waals surface area contributed by atoms with E-state index in [2.05, 4.69) is 34.3 Å². The van der Waals surface area contributed by atoms with Crippen molar-refractivity contribution in [3.63, 3.8) is 0 Å². The molecule has 1 atom stereocenters. The molecular formula is C15H25N3. The Morgan fingerprint density at radius 1 is 1.39 bits per heavy atom. The van der Waals surface area contributed by atoms with Crippen molar-refractivity contribution in [3.05, 3.63) is 30.1 Å². The maximum atomic E-state index is 4.41. The first-order valence-corrected chi connectivity index (χ1v) is 7.25. The van der Waals surface area contributed by atoms with Gasteiger partial charge in [0.25, 0.3) is 0 Å². The first-order valence-electron chi connectivity index (χ1n) is 7.25. The highest BCUT2D eigenvalue weighted by Gasteiger charge is 2.19. The van der Waals surface area contributed by atoms with E-state index in [4.69, 9.17) is 0 Å². The zero-order chi connectivity index (χ0) is 12.6. The molecule has 0 radical (unpaired) electrons. The Morgan fingerprint density at radius 2 is 2.33 bits per heavy atom. The Bertz CT molecular complexity index is 320. The van der Waals surface area contributed by atoms with Crippen LogP contribution in [0, 0.1) is 0 Å². The van der Waals surface area contributed by atoms with E-state index in [1.165, 1.54) is 38.0 Å². The molecule has 3 heteroatoms. The molecule has 1 aromatic heterocycles. The van der Waals surface area contributed by atoms with Gasteiger partial charge in [-0.2, -0.15) is 0 Å². The number of hydrogen-bond donors (Lipinski definition) is 1. The molecule has 2 heterocycles. The van der Waals surface area contributed by atoms with Gasteiger partial charge >= 0.3 is 0 Å². The summed E-state index contributed by atoms with van der Waals surface area (Å²) in [4.78, 5) is 7.05. The van der Waals surface area contributed by atoms with Crippen molar-refractivity contribution >= 4 is 0 Å². The smallest absolute Gasteiger partial charge is 0.0416 e. The van der Waals surface area contributed by atoms with Crippen LogP contribution in [0.2, 0.25) is 0 Å². The molecule has 1 N–H and O–H groups in total. The monoisotopic (exact) mass is 247 g/mol. The van der Waals surface area contributed by atoms with Crippen molar-refractivity contribution in [3.8, 4) is 0 Å². The average molecular weight is 247 g/mol. The normalized spacial score (nSPS) is 20.2. The summed E-state index contributed by atoms with van der Waals surface area (Å²) in [5, 5.41) is 3.51. The van der Waals surface area contributed by atoms with E-state index in [0.717, 1.165) is 25.6 Å². The minimum Gasteiger partial charge on any atom is -0.315 e. The van der Waals surface area contributed by atoms with Gasteiger partial charge in [0.1, 0.15) is 0 Å². The summed E-state index contributed by atoms with van der Waals surface area (Å²) in [5.74, 6) is 0. The molecule has 0 saturated carbocycles. The van der Waals surface area contributed by atoms with Crippen LogP contribution in [0.4, 0.5) is 0 Å². The SMILES string of the molecule is CCCN(CCc1ccccn1)C1CCCNC1. The van der Waals surface area contributed by atoms with Gasteiger partial charge in [0.15, 0.2) is 0 Å². The number of nitrogens with zero attached hydrogens (tertiary/aromatic N) is 2. The Hall–Kier alpha value is -0.930. The van der Waals surface area contributed by atoms with Crippen LogP contribution in [0.5, 0.6) is 0 Å². The first-order chi connectivity index (χ1) is 8.90. The Labute approximate surface area is 111 Å². The predicted octanol–water partition coefficient (Wildman–Crippen LogP) is 2.09. The number of piperidine rings is 1. The number of aromatic nitrogens is 1. The fraction of sp³-hybridized carbons (Fsp3) is 0.667. The third kappa shape index (κ3) is 4.07. The highest BCUT2D eigenvalue weighted by Crippen LogP contribution is 2.11. The number of pyridine rings is 1. The Balaban J connectivity index is 1.85. The van der Waals surface area contributed by atoms with Crippen molar-refractivity contribution in [2.45, 2.75) is 38.6 Å². The predicted molar refractivity (Wildman–Crippen MR) is 75.7 cm³/mol. The molecule has 1 aliphatic heterocycles. The number of hydrogen-bond acceptors (Lipinski definition) is 3. The molecule has 1 aliphatic rings. The van der Waals surface area contributed by atoms with Gasteiger partial charge in [-0.25, -0.2) is 0 Å². The van der Waals surface area contributed by atoms with Crippen LogP contribution in [0.25, 0.3) is 0 Å². The lowest BCUT2D eigenvalue weighted by molar-refractivity contribution is 0.167. The summed E-state index contributed by atoms with van der Waals surface area (Å²) in [6.45, 7) is 6.96. The van der Waals surface area contributed by atoms with Crippen molar-refractivity contribution in [1.29, 1.82) is 0 Å². The van der Waals surface area contributed by atoms with Gasteiger partial charge in [-0.15, -0.1) is 0 Å². The van der Waals surface area contributed by atoms with E-state index >= 15 is 0 Å². The van der Waals surface area contributed by atoms with Gasteiger partial charge in [0, 0.05) is 37.4 Å². The number of nitrogens with one attached hydrogen (secondary N) is 1. The minimum atomic E-state index is 0.724. The van der Waals surface area contributed by atoms with E-state index in [0.29, 0.717) is 0 Å². The van der Waals surface area contributed by atoms with E-state index < -0.39 is 0 Å². The standard InChI is InChI=1S/C15H25N3/c1-2-11-18(15-7-5-9-16-13-15)12-8-14-6-3-4-10-17-14/h3-4,6,10,15-16H,2,5,7-9,11-13H2,1H3. The van der Waals surface area contributed by atoms with Crippen LogP contribution >= 0.6 is 0 Å². The molecule has 100 valence electrons. The maximum Gasteiger partial charge on any atom is 0.0416 e. The van der Waals surface area contributed by atoms with E-state index in [1.807, 2.05) is 12.3 Å². The lowest BCUT2D eigenvalue weighted by atomic mass is 10.0. The fourth-order valence-electron chi connectivity index (χ4n) is 2.71. The van der Waals surface area contributed by atoms with Crippen molar-refractivity contribution in [2.75, 3.05) is 26.2 Å². The summed E-state index contributed by atoms with van der Waals surface area (Å²) in [6.07, 6.45) is 6.85. The molecule has 3 nitrogen and oxygen atoms in total. The van der Waals surface area contributed by atoms with Crippen LogP contribution < -0.4 is 5.32 Å². The first kappa shape index (κ1) is 13.5. The quantitative estimate of drug-likeness (QED) is 0.834. The molecular weight excluding hydrogens is 222 g/mol. The Morgan fingerprint density at radius 3 is 3.00 bits per heavy atom. The zero-order valence-electron chi connectivity index (χ0n) is 11.4. The van der Waals surface area contributed by atoms with Gasteiger partial charge in [-0.3, -0.25) is 9.88 Å². The van der Waals surface area contributed by atoms with Crippen molar-refractivity contribution in [1.82, 2.24) is 15.2 Å². The van der Waals surface area contributed by atoms with Crippen molar-refractivity contribution in [2.24, 2.45) is 0 Å². The van der Waals surface area contributed by atoms with Crippen LogP contribution in [0.3, 0.4) is 0 Å². The largest absolute Gasteiger partial charge is 0.315 e. The molecule has 0 aliphatic carbocycles. The van der Waals surface area contributed by atoms with Gasteiger partial charge in [0.2, 0.25) is 0 Å². The van der Waals surface area contributed by atoms with Gasteiger partial charge in [-0.1, -0.05) is 13.0 Å². The second kappa shape index (κ2) is 7.49. The van der Waals surface area contributed by atoms with Crippen LogP contribution in [0.1, 0.15) is 31.9 Å². The van der Waals surface area contributed by atoms with Crippen LogP contribution in [-0.4, -0.2) is 42.1 Å². The summed E-state index contributed by atoms with van der Waals surface area (Å²) in [6, 6.07) is 6.92. The molecule has 1 aromatic rings. The molecule has 1 fully saturated rings. The molecule has 1 saturated heterocycles. The van der Waals surface area contributed by atoms with E-state index in [9.17, 15) is 0 Å². The Kier molecular flexibility index (Phi) is 5.62. The topological polar surface area (TPSA) is 28.2 Å². The molecule has 2 rings (SSSR count). The second-order valence-corrected chi connectivity index (χ2v) is 5.11. The minimum absolute atomic E-state index is 0.724. The third-order valence-corrected chi connectivity index (χ3v) is 3.68. The fourth-order valence-corrected chi connectivity index (χ4v) is 2.71. The highest BCUT2D eigenvalue weighted by molar-refractivity contribution is 5.03. The van der Waals surface area contributed by atoms with Crippen LogP contribution in [0.15, 0.2) is 24.4 Å². The molecule has 0 bridgehead atoms. The number of rotatable bonds is 6. The molecule has 0 amide bonds. The van der Waals surface area contributed by atoms with Gasteiger partial charge < -0.3 is 5.32 Å². The second-order valence-electron chi connectivity index (χ2n) is 5.11. The lowest BCUT2D eigenvalue weighted by Crippen LogP contribution is -2.47. The maximum absolute atomic E-state index is 4.41. The van der Waals surface area contributed by atoms with Gasteiger partial charge in [-0.05, 0) is 44.5 Å². The highest BCUT2D eigenvalue weighted by atomic mass is 15.2. The van der Waals surface area contributed by atoms with E-state index in [-0.39, 0.29) is 0 Å². The van der Waals surface area contributed by atoms with E-state index in [1.54, 1.807) is 0 Å². The van der Waals surface area contributed by atoms with Gasteiger partial charge in [0.05, 0.1) is 0 Å². The summed E-state index contributed by atoms with van der Waals surface area (Å²) < 4.78 is 0.